The van der Waals surface area contributed by atoms with Crippen molar-refractivity contribution in [3.05, 3.63) is 48.6 Å². The molecule has 0 bridgehead atoms. The van der Waals surface area contributed by atoms with Gasteiger partial charge in [-0.25, -0.2) is 0 Å². The predicted octanol–water partition coefficient (Wildman–Crippen LogP) is 2.79. The Morgan fingerprint density at radius 3 is 2.47 bits per heavy atom. The average Bonchev–Trinajstić information content (AvgIpc) is 2.88. The van der Waals surface area contributed by atoms with E-state index in [1.807, 2.05) is 0 Å². The Labute approximate surface area is 103 Å². The van der Waals surface area contributed by atoms with Gasteiger partial charge in [0.25, 0.3) is 0 Å². The third-order valence-corrected chi connectivity index (χ3v) is 5.26. The highest BCUT2D eigenvalue weighted by Crippen LogP contribution is 2.52. The zero-order chi connectivity index (χ0) is 11.4. The molecule has 1 heteroatoms. The van der Waals surface area contributed by atoms with E-state index in [1.54, 1.807) is 0 Å². The fraction of sp³-hybridized carbons (Fsp3) is 0.500. The molecule has 1 aliphatic heterocycles. The van der Waals surface area contributed by atoms with Gasteiger partial charge in [0.15, 0.2) is 0 Å². The lowest BCUT2D eigenvalue weighted by molar-refractivity contribution is 0.219. The summed E-state index contributed by atoms with van der Waals surface area (Å²) < 4.78 is 0. The van der Waals surface area contributed by atoms with E-state index in [1.165, 1.54) is 6.42 Å². The number of hydrogen-bond acceptors (Lipinski definition) is 1. The maximum atomic E-state index is 2.63. The molecule has 0 amide bonds. The van der Waals surface area contributed by atoms with Crippen LogP contribution < -0.4 is 0 Å². The molecule has 2 fully saturated rings. The highest BCUT2D eigenvalue weighted by Gasteiger charge is 2.54. The van der Waals surface area contributed by atoms with Crippen molar-refractivity contribution in [2.75, 3.05) is 7.05 Å². The van der Waals surface area contributed by atoms with Crippen molar-refractivity contribution in [3.8, 4) is 0 Å². The van der Waals surface area contributed by atoms with Gasteiger partial charge in [-0.1, -0.05) is 48.6 Å². The Hall–Kier alpha value is -1.08. The quantitative estimate of drug-likeness (QED) is 0.613. The highest BCUT2D eigenvalue weighted by molar-refractivity contribution is 5.28. The number of likely N-dealkylation sites (N-methyl/N-ethyl adjacent to an activating group) is 1. The van der Waals surface area contributed by atoms with Gasteiger partial charge in [0.2, 0.25) is 0 Å². The van der Waals surface area contributed by atoms with Crippen LogP contribution in [0.1, 0.15) is 6.42 Å². The van der Waals surface area contributed by atoms with Crippen molar-refractivity contribution >= 4 is 0 Å². The molecule has 6 unspecified atom stereocenters. The van der Waals surface area contributed by atoms with Gasteiger partial charge in [0.1, 0.15) is 0 Å². The number of hydrogen-bond donors (Lipinski definition) is 0. The molecular weight excluding hydrogens is 206 g/mol. The zero-order valence-electron chi connectivity index (χ0n) is 10.2. The number of allylic oxidation sites excluding steroid dienone is 5. The third kappa shape index (κ3) is 1.23. The largest absolute Gasteiger partial charge is 0.295 e. The number of rotatable bonds is 0. The molecule has 0 radical (unpaired) electrons. The predicted molar refractivity (Wildman–Crippen MR) is 70.5 cm³/mol. The first-order valence-electron chi connectivity index (χ1n) is 6.78. The highest BCUT2D eigenvalue weighted by atomic mass is 15.2. The van der Waals surface area contributed by atoms with Crippen molar-refractivity contribution < 1.29 is 0 Å². The van der Waals surface area contributed by atoms with Gasteiger partial charge in [-0.3, -0.25) is 4.90 Å². The van der Waals surface area contributed by atoms with E-state index in [4.69, 9.17) is 0 Å². The monoisotopic (exact) mass is 225 g/mol. The summed E-state index contributed by atoms with van der Waals surface area (Å²) in [6, 6.07) is 1.40. The molecule has 1 saturated heterocycles. The van der Waals surface area contributed by atoms with E-state index in [2.05, 4.69) is 60.6 Å². The third-order valence-electron chi connectivity index (χ3n) is 5.26. The second-order valence-electron chi connectivity index (χ2n) is 5.90. The molecule has 4 rings (SSSR count). The van der Waals surface area contributed by atoms with E-state index >= 15 is 0 Å². The minimum absolute atomic E-state index is 0.648. The van der Waals surface area contributed by atoms with Gasteiger partial charge >= 0.3 is 0 Å². The number of likely N-dealkylation sites (tertiary alicyclic amines) is 1. The van der Waals surface area contributed by atoms with Crippen molar-refractivity contribution in [2.24, 2.45) is 23.7 Å². The molecule has 0 N–H and O–H groups in total. The Morgan fingerprint density at radius 2 is 1.59 bits per heavy atom. The molecule has 6 atom stereocenters. The Bertz CT molecular complexity index is 436. The molecule has 0 spiro atoms. The normalized spacial score (nSPS) is 50.4. The van der Waals surface area contributed by atoms with E-state index < -0.39 is 0 Å². The first kappa shape index (κ1) is 9.90. The van der Waals surface area contributed by atoms with Crippen molar-refractivity contribution in [1.82, 2.24) is 4.90 Å². The Kier molecular flexibility index (Phi) is 2.01. The van der Waals surface area contributed by atoms with E-state index in [0.717, 1.165) is 29.7 Å². The van der Waals surface area contributed by atoms with Crippen LogP contribution in [0.5, 0.6) is 0 Å². The maximum Gasteiger partial charge on any atom is 0.0347 e. The van der Waals surface area contributed by atoms with Crippen LogP contribution in [0.3, 0.4) is 0 Å². The van der Waals surface area contributed by atoms with Crippen LogP contribution in [0.15, 0.2) is 48.6 Å². The summed E-state index contributed by atoms with van der Waals surface area (Å²) in [5.41, 5.74) is 0. The van der Waals surface area contributed by atoms with Crippen LogP contribution >= 0.6 is 0 Å². The van der Waals surface area contributed by atoms with Gasteiger partial charge in [-0.05, 0) is 31.2 Å². The van der Waals surface area contributed by atoms with Crippen LogP contribution in [0.25, 0.3) is 0 Å². The van der Waals surface area contributed by atoms with Gasteiger partial charge < -0.3 is 0 Å². The fourth-order valence-electron chi connectivity index (χ4n) is 4.59. The summed E-state index contributed by atoms with van der Waals surface area (Å²) in [5.74, 6) is 3.15. The summed E-state index contributed by atoms with van der Waals surface area (Å²) in [6.07, 6.45) is 20.0. The van der Waals surface area contributed by atoms with Crippen LogP contribution in [0.2, 0.25) is 0 Å². The van der Waals surface area contributed by atoms with Crippen LogP contribution in [-0.2, 0) is 0 Å². The molecule has 1 nitrogen and oxygen atoms in total. The first-order chi connectivity index (χ1) is 8.36. The summed E-state index contributed by atoms with van der Waals surface area (Å²) in [7, 11) is 2.32. The van der Waals surface area contributed by atoms with E-state index in [0.29, 0.717) is 6.04 Å². The molecule has 0 aromatic heterocycles. The van der Waals surface area contributed by atoms with Gasteiger partial charge in [-0.2, -0.15) is 0 Å². The summed E-state index contributed by atoms with van der Waals surface area (Å²) in [4.78, 5) is 2.63. The van der Waals surface area contributed by atoms with E-state index in [-0.39, 0.29) is 0 Å². The zero-order valence-corrected chi connectivity index (χ0v) is 10.2. The van der Waals surface area contributed by atoms with Crippen LogP contribution in [0.4, 0.5) is 0 Å². The van der Waals surface area contributed by atoms with E-state index in [9.17, 15) is 0 Å². The molecule has 0 aromatic rings. The van der Waals surface area contributed by atoms with Crippen molar-refractivity contribution in [3.63, 3.8) is 0 Å². The second kappa shape index (κ2) is 3.46. The van der Waals surface area contributed by atoms with Gasteiger partial charge in [0, 0.05) is 18.0 Å². The standard InChI is InChI=1S/C16H19N/c1-17-15-9-5-4-8-13(15)14-10-11-6-2-3-7-12(11)16(14)17/h2-9,11-16H,10H2,1H3. The smallest absolute Gasteiger partial charge is 0.0347 e. The second-order valence-corrected chi connectivity index (χ2v) is 5.90. The Balaban J connectivity index is 1.72. The molecule has 0 aromatic carbocycles. The van der Waals surface area contributed by atoms with Gasteiger partial charge in [0.05, 0.1) is 0 Å². The lowest BCUT2D eigenvalue weighted by Gasteiger charge is -2.30. The SMILES string of the molecule is CN1C2C=CC=CC2C2CC3C=CC=CC3C21. The molecule has 1 heterocycles. The maximum absolute atomic E-state index is 2.63. The minimum Gasteiger partial charge on any atom is -0.295 e. The molecule has 1 saturated carbocycles. The topological polar surface area (TPSA) is 3.24 Å². The lowest BCUT2D eigenvalue weighted by atomic mass is 9.85. The summed E-state index contributed by atoms with van der Waals surface area (Å²) >= 11 is 0. The van der Waals surface area contributed by atoms with Crippen LogP contribution in [-0.4, -0.2) is 24.0 Å². The van der Waals surface area contributed by atoms with Gasteiger partial charge in [-0.15, -0.1) is 0 Å². The Morgan fingerprint density at radius 1 is 0.882 bits per heavy atom. The lowest BCUT2D eigenvalue weighted by Crippen LogP contribution is -2.37. The number of fused-ring (bicyclic) bond motifs is 5. The van der Waals surface area contributed by atoms with Crippen molar-refractivity contribution in [1.29, 1.82) is 0 Å². The van der Waals surface area contributed by atoms with Crippen LogP contribution in [0, 0.1) is 23.7 Å². The minimum atomic E-state index is 0.648. The molecular formula is C16H19N. The summed E-state index contributed by atoms with van der Waals surface area (Å²) in [5, 5.41) is 0. The molecule has 88 valence electrons. The number of nitrogens with zero attached hydrogens (tertiary/aromatic N) is 1. The first-order valence-corrected chi connectivity index (χ1v) is 6.78. The summed E-state index contributed by atoms with van der Waals surface area (Å²) in [6.45, 7) is 0. The molecule has 3 aliphatic carbocycles. The fourth-order valence-corrected chi connectivity index (χ4v) is 4.59. The molecule has 4 aliphatic rings. The van der Waals surface area contributed by atoms with Crippen molar-refractivity contribution in [2.45, 2.75) is 18.5 Å². The molecule has 17 heavy (non-hydrogen) atoms. The average molecular weight is 225 g/mol.